The van der Waals surface area contributed by atoms with Gasteiger partial charge in [0.05, 0.1) is 0 Å². The van der Waals surface area contributed by atoms with E-state index in [9.17, 15) is 4.79 Å². The molecule has 24 heavy (non-hydrogen) atoms. The van der Waals surface area contributed by atoms with E-state index in [0.29, 0.717) is 6.54 Å². The Morgan fingerprint density at radius 1 is 0.875 bits per heavy atom. The van der Waals surface area contributed by atoms with Crippen LogP contribution >= 0.6 is 0 Å². The summed E-state index contributed by atoms with van der Waals surface area (Å²) < 4.78 is 0. The van der Waals surface area contributed by atoms with Crippen molar-refractivity contribution in [2.75, 3.05) is 66.5 Å². The fourth-order valence-corrected chi connectivity index (χ4v) is 2.10. The van der Waals surface area contributed by atoms with Crippen LogP contribution in [-0.2, 0) is 4.79 Å². The maximum absolute atomic E-state index is 10.9. The van der Waals surface area contributed by atoms with Crippen molar-refractivity contribution in [3.63, 3.8) is 0 Å². The predicted molar refractivity (Wildman–Crippen MR) is 98.9 cm³/mol. The Labute approximate surface area is 146 Å². The van der Waals surface area contributed by atoms with Gasteiger partial charge in [-0.25, -0.2) is 0 Å². The van der Waals surface area contributed by atoms with Crippen LogP contribution < -0.4 is 21.3 Å². The Balaban J connectivity index is 3.06. The number of oxime groups is 1. The van der Waals surface area contributed by atoms with E-state index in [4.69, 9.17) is 5.21 Å². The SMILES string of the molecule is CN(C)CCCNCCCNCCCNCCCNC(=O)C=NO. The normalized spacial score (nSPS) is 11.5. The second-order valence-corrected chi connectivity index (χ2v) is 6.00. The van der Waals surface area contributed by atoms with Gasteiger partial charge >= 0.3 is 0 Å². The minimum Gasteiger partial charge on any atom is -0.411 e. The third-order valence-electron chi connectivity index (χ3n) is 3.38. The third kappa shape index (κ3) is 18.8. The van der Waals surface area contributed by atoms with Crippen LogP contribution in [0.2, 0.25) is 0 Å². The van der Waals surface area contributed by atoms with Crippen molar-refractivity contribution in [2.24, 2.45) is 5.16 Å². The lowest BCUT2D eigenvalue weighted by atomic mass is 10.3. The highest BCUT2D eigenvalue weighted by Crippen LogP contribution is 1.82. The van der Waals surface area contributed by atoms with Gasteiger partial charge in [-0.15, -0.1) is 0 Å². The molecule has 8 nitrogen and oxygen atoms in total. The smallest absolute Gasteiger partial charge is 0.265 e. The number of hydrogen-bond donors (Lipinski definition) is 5. The highest BCUT2D eigenvalue weighted by molar-refractivity contribution is 6.25. The first-order chi connectivity index (χ1) is 11.7. The van der Waals surface area contributed by atoms with Gasteiger partial charge in [-0.05, 0) is 85.6 Å². The van der Waals surface area contributed by atoms with Gasteiger partial charge < -0.3 is 31.4 Å². The van der Waals surface area contributed by atoms with Crippen molar-refractivity contribution in [2.45, 2.75) is 25.7 Å². The Morgan fingerprint density at radius 3 is 1.79 bits per heavy atom. The zero-order valence-electron chi connectivity index (χ0n) is 15.3. The molecule has 0 unspecified atom stereocenters. The summed E-state index contributed by atoms with van der Waals surface area (Å²) in [6, 6.07) is 0. The van der Waals surface area contributed by atoms with Gasteiger partial charge in [0.25, 0.3) is 5.91 Å². The Hall–Kier alpha value is -1.22. The second kappa shape index (κ2) is 18.1. The molecule has 0 radical (unpaired) electrons. The van der Waals surface area contributed by atoms with Crippen molar-refractivity contribution in [1.82, 2.24) is 26.2 Å². The van der Waals surface area contributed by atoms with Crippen LogP contribution in [0.3, 0.4) is 0 Å². The van der Waals surface area contributed by atoms with Crippen molar-refractivity contribution in [3.05, 3.63) is 0 Å². The topological polar surface area (TPSA) is 101 Å². The Bertz CT molecular complexity index is 313. The van der Waals surface area contributed by atoms with E-state index in [1.807, 2.05) is 0 Å². The van der Waals surface area contributed by atoms with Crippen molar-refractivity contribution in [1.29, 1.82) is 0 Å². The molecule has 1 amide bonds. The first kappa shape index (κ1) is 22.8. The molecule has 0 spiro atoms. The van der Waals surface area contributed by atoms with Gasteiger partial charge in [-0.3, -0.25) is 4.79 Å². The zero-order valence-corrected chi connectivity index (χ0v) is 15.3. The molecule has 0 saturated carbocycles. The summed E-state index contributed by atoms with van der Waals surface area (Å²) in [5.74, 6) is -0.367. The average molecular weight is 345 g/mol. The van der Waals surface area contributed by atoms with Gasteiger partial charge in [-0.1, -0.05) is 5.16 Å². The fraction of sp³-hybridized carbons (Fsp3) is 0.875. The zero-order chi connectivity index (χ0) is 17.9. The molecule has 8 heteroatoms. The maximum Gasteiger partial charge on any atom is 0.265 e. The molecule has 0 rings (SSSR count). The van der Waals surface area contributed by atoms with Gasteiger partial charge in [-0.2, -0.15) is 0 Å². The van der Waals surface area contributed by atoms with Crippen LogP contribution in [0, 0.1) is 0 Å². The molecule has 5 N–H and O–H groups in total. The molecule has 142 valence electrons. The largest absolute Gasteiger partial charge is 0.411 e. The van der Waals surface area contributed by atoms with Gasteiger partial charge in [0.15, 0.2) is 0 Å². The summed E-state index contributed by atoms with van der Waals surface area (Å²) in [6.07, 6.45) is 5.17. The van der Waals surface area contributed by atoms with Crippen LogP contribution in [0.1, 0.15) is 25.7 Å². The molecule has 0 bridgehead atoms. The van der Waals surface area contributed by atoms with Gasteiger partial charge in [0.1, 0.15) is 6.21 Å². The molecule has 0 fully saturated rings. The van der Waals surface area contributed by atoms with Gasteiger partial charge in [0, 0.05) is 6.54 Å². The summed E-state index contributed by atoms with van der Waals surface area (Å²) in [4.78, 5) is 13.2. The summed E-state index contributed by atoms with van der Waals surface area (Å²) in [6.45, 7) is 7.81. The summed E-state index contributed by atoms with van der Waals surface area (Å²) in [5, 5.41) is 23.7. The average Bonchev–Trinajstić information content (AvgIpc) is 2.54. The standard InChI is InChI=1S/C16H36N6O2/c1-22(2)14-6-12-19-10-4-8-17-7-3-9-18-11-5-13-20-16(23)15-21-24/h15,17-19,24H,3-14H2,1-2H3,(H,20,23). The molecular formula is C16H36N6O2. The first-order valence-corrected chi connectivity index (χ1v) is 8.89. The molecular weight excluding hydrogens is 308 g/mol. The minimum atomic E-state index is -0.367. The quantitative estimate of drug-likeness (QED) is 0.105. The number of carbonyl (C=O) groups excluding carboxylic acids is 1. The van der Waals surface area contributed by atoms with Crippen LogP contribution in [0.5, 0.6) is 0 Å². The highest BCUT2D eigenvalue weighted by atomic mass is 16.4. The number of nitrogens with zero attached hydrogens (tertiary/aromatic N) is 2. The fourth-order valence-electron chi connectivity index (χ4n) is 2.10. The Kier molecular flexibility index (Phi) is 17.2. The molecule has 0 aromatic carbocycles. The van der Waals surface area contributed by atoms with Crippen LogP contribution in [-0.4, -0.2) is 88.7 Å². The number of amides is 1. The number of carbonyl (C=O) groups is 1. The molecule has 0 heterocycles. The number of nitrogens with one attached hydrogen (secondary N) is 4. The van der Waals surface area contributed by atoms with Crippen LogP contribution in [0.4, 0.5) is 0 Å². The summed E-state index contributed by atoms with van der Waals surface area (Å²) >= 11 is 0. The van der Waals surface area contributed by atoms with E-state index >= 15 is 0 Å². The minimum absolute atomic E-state index is 0.367. The maximum atomic E-state index is 10.9. The molecule has 0 aromatic heterocycles. The summed E-state index contributed by atoms with van der Waals surface area (Å²) in [5.41, 5.74) is 0. The molecule has 0 aliphatic rings. The third-order valence-corrected chi connectivity index (χ3v) is 3.38. The van der Waals surface area contributed by atoms with Crippen molar-refractivity contribution in [3.8, 4) is 0 Å². The predicted octanol–water partition coefficient (Wildman–Crippen LogP) is -0.547. The van der Waals surface area contributed by atoms with E-state index in [1.165, 1.54) is 6.42 Å². The molecule has 0 saturated heterocycles. The van der Waals surface area contributed by atoms with E-state index in [2.05, 4.69) is 45.4 Å². The van der Waals surface area contributed by atoms with E-state index in [1.54, 1.807) is 0 Å². The van der Waals surface area contributed by atoms with Crippen LogP contribution in [0.25, 0.3) is 0 Å². The Morgan fingerprint density at radius 2 is 1.33 bits per heavy atom. The van der Waals surface area contributed by atoms with E-state index < -0.39 is 0 Å². The van der Waals surface area contributed by atoms with Crippen LogP contribution in [0.15, 0.2) is 5.16 Å². The lowest BCUT2D eigenvalue weighted by molar-refractivity contribution is -0.114. The van der Waals surface area contributed by atoms with E-state index in [-0.39, 0.29) is 5.91 Å². The first-order valence-electron chi connectivity index (χ1n) is 8.89. The van der Waals surface area contributed by atoms with Gasteiger partial charge in [0.2, 0.25) is 0 Å². The highest BCUT2D eigenvalue weighted by Gasteiger charge is 1.95. The lowest BCUT2D eigenvalue weighted by Crippen LogP contribution is -2.29. The molecule has 0 aromatic rings. The molecule has 0 atom stereocenters. The van der Waals surface area contributed by atoms with E-state index in [0.717, 1.165) is 71.3 Å². The van der Waals surface area contributed by atoms with Crippen molar-refractivity contribution >= 4 is 12.1 Å². The van der Waals surface area contributed by atoms with Crippen molar-refractivity contribution < 1.29 is 10.0 Å². The lowest BCUT2D eigenvalue weighted by Gasteiger charge is -2.10. The number of rotatable bonds is 17. The number of hydrogen-bond acceptors (Lipinski definition) is 7. The summed E-state index contributed by atoms with van der Waals surface area (Å²) in [7, 11) is 4.20. The second-order valence-electron chi connectivity index (χ2n) is 6.00. The molecule has 0 aliphatic carbocycles. The molecule has 0 aliphatic heterocycles. The monoisotopic (exact) mass is 344 g/mol.